The number of anilines is 1. The fraction of sp³-hybridized carbons (Fsp3) is 0.235. The average Bonchev–Trinajstić information content (AvgIpc) is 2.51. The lowest BCUT2D eigenvalue weighted by Crippen LogP contribution is -1.96. The number of hydrazone groups is 1. The van der Waals surface area contributed by atoms with Crippen molar-refractivity contribution in [1.29, 1.82) is 0 Å². The third kappa shape index (κ3) is 5.60. The van der Waals surface area contributed by atoms with Gasteiger partial charge in [0, 0.05) is 4.47 Å². The first-order valence-electron chi connectivity index (χ1n) is 7.05. The molecule has 2 aromatic carbocycles. The highest BCUT2D eigenvalue weighted by molar-refractivity contribution is 9.10. The first-order chi connectivity index (χ1) is 10.3. The lowest BCUT2D eigenvalue weighted by molar-refractivity contribution is 0.309. The molecule has 0 bridgehead atoms. The second-order valence-electron chi connectivity index (χ2n) is 4.65. The SMILES string of the molecule is CCCCOc1ccc(/C=N/Nc2ccc(Br)cc2)cc1. The number of nitrogens with zero attached hydrogens (tertiary/aromatic N) is 1. The van der Waals surface area contributed by atoms with E-state index in [2.05, 4.69) is 33.4 Å². The molecule has 0 spiro atoms. The predicted molar refractivity (Wildman–Crippen MR) is 92.2 cm³/mol. The molecule has 0 aliphatic carbocycles. The van der Waals surface area contributed by atoms with Crippen LogP contribution in [-0.4, -0.2) is 12.8 Å². The molecule has 0 fully saturated rings. The van der Waals surface area contributed by atoms with Crippen molar-refractivity contribution in [2.45, 2.75) is 19.8 Å². The van der Waals surface area contributed by atoms with Crippen LogP contribution in [0.5, 0.6) is 5.75 Å². The fourth-order valence-corrected chi connectivity index (χ4v) is 1.95. The topological polar surface area (TPSA) is 33.6 Å². The molecular formula is C17H19BrN2O. The molecule has 0 aromatic heterocycles. The summed E-state index contributed by atoms with van der Waals surface area (Å²) in [6.45, 7) is 2.93. The third-order valence-corrected chi connectivity index (χ3v) is 3.43. The van der Waals surface area contributed by atoms with E-state index in [0.717, 1.165) is 40.9 Å². The molecule has 0 saturated heterocycles. The Morgan fingerprint density at radius 1 is 1.10 bits per heavy atom. The van der Waals surface area contributed by atoms with Gasteiger partial charge >= 0.3 is 0 Å². The number of unbranched alkanes of at least 4 members (excludes halogenated alkanes) is 1. The van der Waals surface area contributed by atoms with E-state index in [1.165, 1.54) is 0 Å². The van der Waals surface area contributed by atoms with Crippen LogP contribution in [-0.2, 0) is 0 Å². The molecule has 21 heavy (non-hydrogen) atoms. The Bertz CT molecular complexity index is 564. The first kappa shape index (κ1) is 15.6. The van der Waals surface area contributed by atoms with Gasteiger partial charge in [0.25, 0.3) is 0 Å². The Morgan fingerprint density at radius 3 is 2.48 bits per heavy atom. The first-order valence-corrected chi connectivity index (χ1v) is 7.85. The van der Waals surface area contributed by atoms with Crippen molar-refractivity contribution in [2.75, 3.05) is 12.0 Å². The van der Waals surface area contributed by atoms with E-state index in [4.69, 9.17) is 4.74 Å². The van der Waals surface area contributed by atoms with E-state index in [0.29, 0.717) is 0 Å². The van der Waals surface area contributed by atoms with Crippen molar-refractivity contribution >= 4 is 27.8 Å². The van der Waals surface area contributed by atoms with Crippen LogP contribution in [0.4, 0.5) is 5.69 Å². The Hall–Kier alpha value is -1.81. The molecule has 110 valence electrons. The van der Waals surface area contributed by atoms with Gasteiger partial charge in [-0.1, -0.05) is 29.3 Å². The van der Waals surface area contributed by atoms with Crippen molar-refractivity contribution in [3.63, 3.8) is 0 Å². The van der Waals surface area contributed by atoms with Crippen LogP contribution >= 0.6 is 15.9 Å². The summed E-state index contributed by atoms with van der Waals surface area (Å²) in [7, 11) is 0. The smallest absolute Gasteiger partial charge is 0.119 e. The summed E-state index contributed by atoms with van der Waals surface area (Å²) in [5.41, 5.74) is 4.98. The van der Waals surface area contributed by atoms with Crippen molar-refractivity contribution < 1.29 is 4.74 Å². The Kier molecular flexibility index (Phi) is 6.28. The second-order valence-corrected chi connectivity index (χ2v) is 5.56. The van der Waals surface area contributed by atoms with Crippen LogP contribution in [0.25, 0.3) is 0 Å². The molecule has 1 N–H and O–H groups in total. The largest absolute Gasteiger partial charge is 0.494 e. The van der Waals surface area contributed by atoms with E-state index in [1.54, 1.807) is 6.21 Å². The van der Waals surface area contributed by atoms with E-state index >= 15 is 0 Å². The van der Waals surface area contributed by atoms with Gasteiger partial charge in [0.15, 0.2) is 0 Å². The Labute approximate surface area is 134 Å². The quantitative estimate of drug-likeness (QED) is 0.431. The Morgan fingerprint density at radius 2 is 1.81 bits per heavy atom. The molecule has 2 aromatic rings. The molecule has 0 heterocycles. The highest BCUT2D eigenvalue weighted by Gasteiger charge is 1.94. The van der Waals surface area contributed by atoms with Crippen LogP contribution < -0.4 is 10.2 Å². The normalized spacial score (nSPS) is 10.8. The van der Waals surface area contributed by atoms with Gasteiger partial charge in [-0.05, 0) is 60.5 Å². The fourth-order valence-electron chi connectivity index (χ4n) is 1.69. The predicted octanol–water partition coefficient (Wildman–Crippen LogP) is 5.07. The number of rotatable bonds is 7. The second kappa shape index (κ2) is 8.47. The van der Waals surface area contributed by atoms with Crippen LogP contribution in [0.15, 0.2) is 58.1 Å². The average molecular weight is 347 g/mol. The molecular weight excluding hydrogens is 328 g/mol. The van der Waals surface area contributed by atoms with E-state index in [1.807, 2.05) is 48.5 Å². The molecule has 0 unspecified atom stereocenters. The number of nitrogens with one attached hydrogen (secondary N) is 1. The Balaban J connectivity index is 1.84. The standard InChI is InChI=1S/C17H19BrN2O/c1-2-3-12-21-17-10-4-14(5-11-17)13-19-20-16-8-6-15(18)7-9-16/h4-11,13,20H,2-3,12H2,1H3/b19-13+. The van der Waals surface area contributed by atoms with Crippen LogP contribution in [0.3, 0.4) is 0 Å². The van der Waals surface area contributed by atoms with Gasteiger partial charge in [-0.15, -0.1) is 0 Å². The summed E-state index contributed by atoms with van der Waals surface area (Å²) in [5.74, 6) is 0.904. The lowest BCUT2D eigenvalue weighted by atomic mass is 10.2. The van der Waals surface area contributed by atoms with Gasteiger partial charge < -0.3 is 4.74 Å². The highest BCUT2D eigenvalue weighted by Crippen LogP contribution is 2.14. The number of hydrogen-bond donors (Lipinski definition) is 1. The van der Waals surface area contributed by atoms with Crippen molar-refractivity contribution in [3.8, 4) is 5.75 Å². The van der Waals surface area contributed by atoms with Crippen molar-refractivity contribution in [2.24, 2.45) is 5.10 Å². The molecule has 0 radical (unpaired) electrons. The summed E-state index contributed by atoms with van der Waals surface area (Å²) >= 11 is 3.40. The zero-order chi connectivity index (χ0) is 14.9. The van der Waals surface area contributed by atoms with E-state index in [9.17, 15) is 0 Å². The zero-order valence-electron chi connectivity index (χ0n) is 12.1. The van der Waals surface area contributed by atoms with Gasteiger partial charge in [-0.25, -0.2) is 0 Å². The number of halogens is 1. The number of ether oxygens (including phenoxy) is 1. The number of hydrogen-bond acceptors (Lipinski definition) is 3. The highest BCUT2D eigenvalue weighted by atomic mass is 79.9. The monoisotopic (exact) mass is 346 g/mol. The maximum atomic E-state index is 5.62. The van der Waals surface area contributed by atoms with Gasteiger partial charge in [-0.3, -0.25) is 5.43 Å². The summed E-state index contributed by atoms with van der Waals surface area (Å²) in [6.07, 6.45) is 4.02. The minimum absolute atomic E-state index is 0.773. The van der Waals surface area contributed by atoms with E-state index in [-0.39, 0.29) is 0 Å². The molecule has 0 atom stereocenters. The summed E-state index contributed by atoms with van der Waals surface area (Å²) < 4.78 is 6.67. The molecule has 4 heteroatoms. The molecule has 0 aliphatic heterocycles. The summed E-state index contributed by atoms with van der Waals surface area (Å²) in [6, 6.07) is 15.8. The summed E-state index contributed by atoms with van der Waals surface area (Å²) in [5, 5.41) is 4.22. The number of benzene rings is 2. The van der Waals surface area contributed by atoms with Gasteiger partial charge in [0.1, 0.15) is 5.75 Å². The maximum absolute atomic E-state index is 5.62. The molecule has 0 amide bonds. The minimum atomic E-state index is 0.773. The molecule has 0 aliphatic rings. The lowest BCUT2D eigenvalue weighted by Gasteiger charge is -2.05. The minimum Gasteiger partial charge on any atom is -0.494 e. The molecule has 3 nitrogen and oxygen atoms in total. The van der Waals surface area contributed by atoms with Crippen molar-refractivity contribution in [1.82, 2.24) is 0 Å². The zero-order valence-corrected chi connectivity index (χ0v) is 13.6. The molecule has 2 rings (SSSR count). The third-order valence-electron chi connectivity index (χ3n) is 2.90. The van der Waals surface area contributed by atoms with Gasteiger partial charge in [0.2, 0.25) is 0 Å². The maximum Gasteiger partial charge on any atom is 0.119 e. The van der Waals surface area contributed by atoms with Crippen LogP contribution in [0.1, 0.15) is 25.3 Å². The van der Waals surface area contributed by atoms with Gasteiger partial charge in [0.05, 0.1) is 18.5 Å². The summed E-state index contributed by atoms with van der Waals surface area (Å²) in [4.78, 5) is 0. The van der Waals surface area contributed by atoms with Crippen LogP contribution in [0.2, 0.25) is 0 Å². The van der Waals surface area contributed by atoms with Gasteiger partial charge in [-0.2, -0.15) is 5.10 Å². The van der Waals surface area contributed by atoms with Crippen molar-refractivity contribution in [3.05, 3.63) is 58.6 Å². The van der Waals surface area contributed by atoms with Crippen LogP contribution in [0, 0.1) is 0 Å². The molecule has 0 saturated carbocycles. The van der Waals surface area contributed by atoms with E-state index < -0.39 is 0 Å².